The molecule has 1 aromatic carbocycles. The summed E-state index contributed by atoms with van der Waals surface area (Å²) in [6, 6.07) is 6.77. The molecule has 0 radical (unpaired) electrons. The standard InChI is InChI=1S/C14H18FN3/c1-9(2)18-10(3)13(17-14(18)16-4)11-5-7-12(15)8-6-11/h5-9H,1-4H3,(H,16,17). The number of nitrogens with one attached hydrogen (secondary N) is 1. The van der Waals surface area contributed by atoms with Crippen LogP contribution in [0.3, 0.4) is 0 Å². The van der Waals surface area contributed by atoms with Crippen LogP contribution in [0.25, 0.3) is 11.3 Å². The second-order valence-corrected chi connectivity index (χ2v) is 4.59. The van der Waals surface area contributed by atoms with E-state index in [0.717, 1.165) is 22.9 Å². The van der Waals surface area contributed by atoms with E-state index in [4.69, 9.17) is 0 Å². The van der Waals surface area contributed by atoms with Gasteiger partial charge in [-0.15, -0.1) is 0 Å². The molecule has 18 heavy (non-hydrogen) atoms. The van der Waals surface area contributed by atoms with Gasteiger partial charge in [0, 0.05) is 24.3 Å². The molecule has 1 aromatic heterocycles. The minimum atomic E-state index is -0.228. The SMILES string of the molecule is CNc1nc(-c2ccc(F)cc2)c(C)n1C(C)C. The van der Waals surface area contributed by atoms with Crippen molar-refractivity contribution in [3.8, 4) is 11.3 Å². The average Bonchev–Trinajstić information content (AvgIpc) is 2.67. The largest absolute Gasteiger partial charge is 0.359 e. The van der Waals surface area contributed by atoms with Crippen LogP contribution in [0.5, 0.6) is 0 Å². The maximum atomic E-state index is 12.9. The molecule has 0 saturated heterocycles. The molecule has 0 aliphatic rings. The van der Waals surface area contributed by atoms with Gasteiger partial charge in [-0.25, -0.2) is 9.37 Å². The topological polar surface area (TPSA) is 29.9 Å². The Labute approximate surface area is 107 Å². The lowest BCUT2D eigenvalue weighted by atomic mass is 10.1. The lowest BCUT2D eigenvalue weighted by molar-refractivity contribution is 0.593. The minimum Gasteiger partial charge on any atom is -0.359 e. The number of hydrogen-bond donors (Lipinski definition) is 1. The van der Waals surface area contributed by atoms with Gasteiger partial charge in [-0.2, -0.15) is 0 Å². The number of imidazole rings is 1. The molecule has 1 N–H and O–H groups in total. The first-order valence-corrected chi connectivity index (χ1v) is 6.07. The highest BCUT2D eigenvalue weighted by atomic mass is 19.1. The van der Waals surface area contributed by atoms with E-state index >= 15 is 0 Å². The van der Waals surface area contributed by atoms with E-state index in [1.54, 1.807) is 12.1 Å². The molecule has 0 bridgehead atoms. The summed E-state index contributed by atoms with van der Waals surface area (Å²) in [5, 5.41) is 3.10. The van der Waals surface area contributed by atoms with E-state index in [0.29, 0.717) is 6.04 Å². The highest BCUT2D eigenvalue weighted by Crippen LogP contribution is 2.28. The molecule has 0 saturated carbocycles. The first-order chi connectivity index (χ1) is 8.54. The summed E-state index contributed by atoms with van der Waals surface area (Å²) >= 11 is 0. The lowest BCUT2D eigenvalue weighted by Crippen LogP contribution is -2.07. The van der Waals surface area contributed by atoms with E-state index in [2.05, 4.69) is 28.7 Å². The third kappa shape index (κ3) is 2.10. The van der Waals surface area contributed by atoms with E-state index in [1.807, 2.05) is 14.0 Å². The Kier molecular flexibility index (Phi) is 3.36. The molecule has 1 heterocycles. The number of halogens is 1. The van der Waals surface area contributed by atoms with Crippen molar-refractivity contribution in [2.24, 2.45) is 0 Å². The second-order valence-electron chi connectivity index (χ2n) is 4.59. The van der Waals surface area contributed by atoms with Crippen LogP contribution in [0.15, 0.2) is 24.3 Å². The van der Waals surface area contributed by atoms with Gasteiger partial charge in [-0.3, -0.25) is 0 Å². The Morgan fingerprint density at radius 3 is 2.28 bits per heavy atom. The summed E-state index contributed by atoms with van der Waals surface area (Å²) in [5.41, 5.74) is 2.92. The van der Waals surface area contributed by atoms with Crippen molar-refractivity contribution in [2.75, 3.05) is 12.4 Å². The van der Waals surface area contributed by atoms with E-state index in [1.165, 1.54) is 12.1 Å². The molecule has 0 unspecified atom stereocenters. The molecule has 0 amide bonds. The van der Waals surface area contributed by atoms with Crippen molar-refractivity contribution in [1.82, 2.24) is 9.55 Å². The summed E-state index contributed by atoms with van der Waals surface area (Å²) in [6.07, 6.45) is 0. The van der Waals surface area contributed by atoms with Gasteiger partial charge in [0.2, 0.25) is 5.95 Å². The fourth-order valence-corrected chi connectivity index (χ4v) is 2.20. The number of benzene rings is 1. The maximum absolute atomic E-state index is 12.9. The zero-order chi connectivity index (χ0) is 13.3. The second kappa shape index (κ2) is 4.80. The van der Waals surface area contributed by atoms with Crippen LogP contribution in [0.4, 0.5) is 10.3 Å². The first kappa shape index (κ1) is 12.6. The maximum Gasteiger partial charge on any atom is 0.203 e. The highest BCUT2D eigenvalue weighted by molar-refractivity contribution is 5.64. The van der Waals surface area contributed by atoms with Crippen LogP contribution in [0, 0.1) is 12.7 Å². The van der Waals surface area contributed by atoms with Crippen LogP contribution in [-0.2, 0) is 0 Å². The van der Waals surface area contributed by atoms with Crippen LogP contribution in [0.2, 0.25) is 0 Å². The normalized spacial score (nSPS) is 11.0. The summed E-state index contributed by atoms with van der Waals surface area (Å²) in [7, 11) is 1.86. The quantitative estimate of drug-likeness (QED) is 0.897. The molecule has 2 aromatic rings. The lowest BCUT2D eigenvalue weighted by Gasteiger charge is -2.13. The van der Waals surface area contributed by atoms with Gasteiger partial charge in [-0.05, 0) is 45.0 Å². The fourth-order valence-electron chi connectivity index (χ4n) is 2.20. The molecule has 96 valence electrons. The number of rotatable bonds is 3. The molecule has 0 fully saturated rings. The Balaban J connectivity index is 2.55. The predicted molar refractivity (Wildman–Crippen MR) is 72.3 cm³/mol. The summed E-state index contributed by atoms with van der Waals surface area (Å²) in [4.78, 5) is 4.58. The predicted octanol–water partition coefficient (Wildman–Crippen LogP) is 3.62. The van der Waals surface area contributed by atoms with Crippen molar-refractivity contribution in [2.45, 2.75) is 26.8 Å². The monoisotopic (exact) mass is 247 g/mol. The molecule has 0 aliphatic heterocycles. The zero-order valence-electron chi connectivity index (χ0n) is 11.2. The number of aromatic nitrogens is 2. The molecule has 2 rings (SSSR count). The first-order valence-electron chi connectivity index (χ1n) is 6.07. The molecule has 3 nitrogen and oxygen atoms in total. The fraction of sp³-hybridized carbons (Fsp3) is 0.357. The summed E-state index contributed by atoms with van der Waals surface area (Å²) in [6.45, 7) is 6.26. The van der Waals surface area contributed by atoms with Crippen LogP contribution >= 0.6 is 0 Å². The number of anilines is 1. The van der Waals surface area contributed by atoms with Crippen LogP contribution < -0.4 is 5.32 Å². The molecule has 0 spiro atoms. The van der Waals surface area contributed by atoms with Crippen molar-refractivity contribution < 1.29 is 4.39 Å². The Hall–Kier alpha value is -1.84. The van der Waals surface area contributed by atoms with E-state index < -0.39 is 0 Å². The van der Waals surface area contributed by atoms with Crippen molar-refractivity contribution in [1.29, 1.82) is 0 Å². The van der Waals surface area contributed by atoms with E-state index in [-0.39, 0.29) is 5.82 Å². The van der Waals surface area contributed by atoms with Gasteiger partial charge >= 0.3 is 0 Å². The van der Waals surface area contributed by atoms with Crippen molar-refractivity contribution >= 4 is 5.95 Å². The molecule has 0 aliphatic carbocycles. The molecule has 0 atom stereocenters. The van der Waals surface area contributed by atoms with E-state index in [9.17, 15) is 4.39 Å². The van der Waals surface area contributed by atoms with Gasteiger partial charge in [0.05, 0.1) is 5.69 Å². The van der Waals surface area contributed by atoms with Gasteiger partial charge in [0.15, 0.2) is 0 Å². The van der Waals surface area contributed by atoms with Crippen LogP contribution in [0.1, 0.15) is 25.6 Å². The molecule has 4 heteroatoms. The smallest absolute Gasteiger partial charge is 0.203 e. The average molecular weight is 247 g/mol. The minimum absolute atomic E-state index is 0.228. The zero-order valence-corrected chi connectivity index (χ0v) is 11.2. The Morgan fingerprint density at radius 1 is 1.22 bits per heavy atom. The third-order valence-electron chi connectivity index (χ3n) is 3.01. The van der Waals surface area contributed by atoms with Gasteiger partial charge in [0.1, 0.15) is 5.82 Å². The van der Waals surface area contributed by atoms with Crippen molar-refractivity contribution in [3.05, 3.63) is 35.8 Å². The third-order valence-corrected chi connectivity index (χ3v) is 3.01. The van der Waals surface area contributed by atoms with Crippen LogP contribution in [-0.4, -0.2) is 16.6 Å². The van der Waals surface area contributed by atoms with Crippen molar-refractivity contribution in [3.63, 3.8) is 0 Å². The highest BCUT2D eigenvalue weighted by Gasteiger charge is 2.16. The number of nitrogens with zero attached hydrogens (tertiary/aromatic N) is 2. The van der Waals surface area contributed by atoms with Gasteiger partial charge in [-0.1, -0.05) is 0 Å². The Bertz CT molecular complexity index is 541. The Morgan fingerprint density at radius 2 is 1.83 bits per heavy atom. The molecular weight excluding hydrogens is 229 g/mol. The van der Waals surface area contributed by atoms with Gasteiger partial charge < -0.3 is 9.88 Å². The summed E-state index contributed by atoms with van der Waals surface area (Å²) < 4.78 is 15.1. The molecular formula is C14H18FN3. The summed E-state index contributed by atoms with van der Waals surface area (Å²) in [5.74, 6) is 0.607. The number of hydrogen-bond acceptors (Lipinski definition) is 2. The van der Waals surface area contributed by atoms with Gasteiger partial charge in [0.25, 0.3) is 0 Å².